The van der Waals surface area contributed by atoms with Crippen LogP contribution in [0.5, 0.6) is 0 Å². The maximum atomic E-state index is 5.34. The molecular weight excluding hydrogens is 314 g/mol. The average molecular weight is 337 g/mol. The molecule has 6 heteroatoms. The molecule has 0 aliphatic carbocycles. The molecule has 3 aromatic rings. The van der Waals surface area contributed by atoms with Crippen LogP contribution in [0.2, 0.25) is 0 Å². The molecule has 0 saturated heterocycles. The molecule has 6 nitrogen and oxygen atoms in total. The Balaban J connectivity index is 1.56. The Morgan fingerprint density at radius 1 is 1.16 bits per heavy atom. The van der Waals surface area contributed by atoms with E-state index in [0.29, 0.717) is 6.54 Å². The van der Waals surface area contributed by atoms with Gasteiger partial charge in [0.15, 0.2) is 5.96 Å². The maximum absolute atomic E-state index is 5.34. The van der Waals surface area contributed by atoms with Crippen molar-refractivity contribution in [2.75, 3.05) is 13.1 Å². The van der Waals surface area contributed by atoms with Crippen molar-refractivity contribution in [1.82, 2.24) is 20.4 Å². The predicted octanol–water partition coefficient (Wildman–Crippen LogP) is 2.76. The summed E-state index contributed by atoms with van der Waals surface area (Å²) in [6.45, 7) is 4.21. The van der Waals surface area contributed by atoms with E-state index in [1.165, 1.54) is 0 Å². The summed E-state index contributed by atoms with van der Waals surface area (Å²) in [6.07, 6.45) is 6.37. The molecule has 130 valence electrons. The molecule has 0 saturated carbocycles. The number of para-hydroxylation sites is 1. The Morgan fingerprint density at radius 3 is 2.80 bits per heavy atom. The predicted molar refractivity (Wildman–Crippen MR) is 98.8 cm³/mol. The molecule has 25 heavy (non-hydrogen) atoms. The van der Waals surface area contributed by atoms with Crippen molar-refractivity contribution in [2.45, 2.75) is 19.9 Å². The second-order valence-electron chi connectivity index (χ2n) is 5.58. The fourth-order valence-corrected chi connectivity index (χ4v) is 2.43. The summed E-state index contributed by atoms with van der Waals surface area (Å²) in [5, 5.41) is 11.0. The second kappa shape index (κ2) is 8.73. The summed E-state index contributed by atoms with van der Waals surface area (Å²) < 4.78 is 7.20. The third kappa shape index (κ3) is 4.97. The summed E-state index contributed by atoms with van der Waals surface area (Å²) in [4.78, 5) is 4.62. The molecule has 2 heterocycles. The summed E-state index contributed by atoms with van der Waals surface area (Å²) in [7, 11) is 0. The van der Waals surface area contributed by atoms with Gasteiger partial charge < -0.3 is 15.1 Å². The number of furan rings is 1. The quantitative estimate of drug-likeness (QED) is 0.514. The van der Waals surface area contributed by atoms with Gasteiger partial charge in [-0.25, -0.2) is 9.67 Å². The summed E-state index contributed by atoms with van der Waals surface area (Å²) >= 11 is 0. The van der Waals surface area contributed by atoms with Crippen LogP contribution in [0, 0.1) is 0 Å². The zero-order chi connectivity index (χ0) is 17.3. The highest BCUT2D eigenvalue weighted by Crippen LogP contribution is 2.08. The lowest BCUT2D eigenvalue weighted by molar-refractivity contribution is 0.507. The van der Waals surface area contributed by atoms with E-state index < -0.39 is 0 Å². The largest absolute Gasteiger partial charge is 0.469 e. The Morgan fingerprint density at radius 2 is 2.04 bits per heavy atom. The van der Waals surface area contributed by atoms with Gasteiger partial charge in [0.2, 0.25) is 0 Å². The van der Waals surface area contributed by atoms with Gasteiger partial charge in [-0.3, -0.25) is 0 Å². The highest BCUT2D eigenvalue weighted by atomic mass is 16.3. The van der Waals surface area contributed by atoms with Gasteiger partial charge in [-0.2, -0.15) is 5.10 Å². The first-order valence-corrected chi connectivity index (χ1v) is 8.48. The fourth-order valence-electron chi connectivity index (χ4n) is 2.43. The van der Waals surface area contributed by atoms with E-state index in [-0.39, 0.29) is 0 Å². The molecule has 0 unspecified atom stereocenters. The maximum Gasteiger partial charge on any atom is 0.191 e. The van der Waals surface area contributed by atoms with Crippen molar-refractivity contribution in [2.24, 2.45) is 4.99 Å². The number of guanidine groups is 1. The van der Waals surface area contributed by atoms with Gasteiger partial charge >= 0.3 is 0 Å². The zero-order valence-electron chi connectivity index (χ0n) is 14.4. The SMILES string of the molecule is CCNC(=NCc1cnn(-c2ccccc2)c1)NCCc1ccco1. The molecule has 0 amide bonds. The number of aliphatic imine (C=N–C) groups is 1. The van der Waals surface area contributed by atoms with Gasteiger partial charge in [0.25, 0.3) is 0 Å². The monoisotopic (exact) mass is 337 g/mol. The molecule has 0 bridgehead atoms. The minimum Gasteiger partial charge on any atom is -0.469 e. The smallest absolute Gasteiger partial charge is 0.191 e. The number of hydrogen-bond acceptors (Lipinski definition) is 3. The third-order valence-corrected chi connectivity index (χ3v) is 3.66. The van der Waals surface area contributed by atoms with Crippen LogP contribution in [0.4, 0.5) is 0 Å². The van der Waals surface area contributed by atoms with Gasteiger partial charge in [-0.05, 0) is 31.2 Å². The molecule has 0 atom stereocenters. The van der Waals surface area contributed by atoms with Crippen molar-refractivity contribution in [3.8, 4) is 5.69 Å². The van der Waals surface area contributed by atoms with E-state index in [4.69, 9.17) is 4.42 Å². The molecule has 3 rings (SSSR count). The number of benzene rings is 1. The standard InChI is InChI=1S/C19H23N5O/c1-2-20-19(21-11-10-18-9-6-12-25-18)22-13-16-14-23-24(15-16)17-7-4-3-5-8-17/h3-9,12,14-15H,2,10-11,13H2,1H3,(H2,20,21,22). The molecule has 0 aliphatic rings. The van der Waals surface area contributed by atoms with Crippen molar-refractivity contribution in [3.63, 3.8) is 0 Å². The second-order valence-corrected chi connectivity index (χ2v) is 5.58. The number of hydrogen-bond donors (Lipinski definition) is 2. The zero-order valence-corrected chi connectivity index (χ0v) is 14.4. The van der Waals surface area contributed by atoms with Crippen LogP contribution < -0.4 is 10.6 Å². The van der Waals surface area contributed by atoms with E-state index in [9.17, 15) is 0 Å². The number of rotatable bonds is 7. The van der Waals surface area contributed by atoms with Crippen LogP contribution in [0.25, 0.3) is 5.69 Å². The number of nitrogens with one attached hydrogen (secondary N) is 2. The molecular formula is C19H23N5O. The Labute approximate surface area is 147 Å². The first-order valence-electron chi connectivity index (χ1n) is 8.48. The Bertz CT molecular complexity index is 777. The van der Waals surface area contributed by atoms with Crippen LogP contribution in [-0.2, 0) is 13.0 Å². The van der Waals surface area contributed by atoms with Crippen LogP contribution >= 0.6 is 0 Å². The van der Waals surface area contributed by atoms with Gasteiger partial charge in [0.1, 0.15) is 5.76 Å². The van der Waals surface area contributed by atoms with Crippen LogP contribution in [0.1, 0.15) is 18.2 Å². The third-order valence-electron chi connectivity index (χ3n) is 3.66. The minimum absolute atomic E-state index is 0.572. The lowest BCUT2D eigenvalue weighted by atomic mass is 10.3. The van der Waals surface area contributed by atoms with E-state index in [1.54, 1.807) is 6.26 Å². The van der Waals surface area contributed by atoms with Gasteiger partial charge in [0, 0.05) is 31.3 Å². The molecule has 0 aliphatic heterocycles. The molecule has 2 N–H and O–H groups in total. The van der Waals surface area contributed by atoms with Crippen LogP contribution in [0.15, 0.2) is 70.5 Å². The molecule has 0 spiro atoms. The van der Waals surface area contributed by atoms with E-state index in [1.807, 2.05) is 59.5 Å². The normalized spacial score (nSPS) is 11.5. The van der Waals surface area contributed by atoms with E-state index in [2.05, 4.69) is 27.6 Å². The van der Waals surface area contributed by atoms with Crippen molar-refractivity contribution < 1.29 is 4.42 Å². The van der Waals surface area contributed by atoms with Crippen molar-refractivity contribution >= 4 is 5.96 Å². The topological polar surface area (TPSA) is 67.4 Å². The van der Waals surface area contributed by atoms with E-state index >= 15 is 0 Å². The van der Waals surface area contributed by atoms with Crippen molar-refractivity contribution in [1.29, 1.82) is 0 Å². The van der Waals surface area contributed by atoms with Gasteiger partial charge in [-0.1, -0.05) is 18.2 Å². The fraction of sp³-hybridized carbons (Fsp3) is 0.263. The van der Waals surface area contributed by atoms with Crippen LogP contribution in [-0.4, -0.2) is 28.8 Å². The Hall–Kier alpha value is -3.02. The first-order chi connectivity index (χ1) is 12.3. The molecule has 1 aromatic carbocycles. The highest BCUT2D eigenvalue weighted by Gasteiger charge is 2.02. The summed E-state index contributed by atoms with van der Waals surface area (Å²) in [6, 6.07) is 13.9. The molecule has 2 aromatic heterocycles. The van der Waals surface area contributed by atoms with Crippen molar-refractivity contribution in [3.05, 3.63) is 72.4 Å². The molecule has 0 radical (unpaired) electrons. The van der Waals surface area contributed by atoms with Gasteiger partial charge in [0.05, 0.1) is 24.7 Å². The Kier molecular flexibility index (Phi) is 5.87. The number of aromatic nitrogens is 2. The van der Waals surface area contributed by atoms with E-state index in [0.717, 1.165) is 42.5 Å². The summed E-state index contributed by atoms with van der Waals surface area (Å²) in [5.74, 6) is 1.76. The minimum atomic E-state index is 0.572. The lowest BCUT2D eigenvalue weighted by Crippen LogP contribution is -2.38. The van der Waals surface area contributed by atoms with Crippen LogP contribution in [0.3, 0.4) is 0 Å². The lowest BCUT2D eigenvalue weighted by Gasteiger charge is -2.10. The average Bonchev–Trinajstić information content (AvgIpc) is 3.32. The van der Waals surface area contributed by atoms with Gasteiger partial charge in [-0.15, -0.1) is 0 Å². The number of nitrogens with zero attached hydrogens (tertiary/aromatic N) is 3. The molecule has 0 fully saturated rings. The highest BCUT2D eigenvalue weighted by molar-refractivity contribution is 5.79. The first kappa shape index (κ1) is 16.8. The summed E-state index contributed by atoms with van der Waals surface area (Å²) in [5.41, 5.74) is 2.10.